The van der Waals surface area contributed by atoms with E-state index in [-0.39, 0.29) is 59.4 Å². The van der Waals surface area contributed by atoms with Crippen molar-refractivity contribution in [3.63, 3.8) is 0 Å². The Hall–Kier alpha value is -11.8. The van der Waals surface area contributed by atoms with Crippen molar-refractivity contribution >= 4 is 58.9 Å². The van der Waals surface area contributed by atoms with Crippen molar-refractivity contribution in [2.45, 2.75) is 194 Å². The molecule has 29 nitrogen and oxygen atoms in total. The summed E-state index contributed by atoms with van der Waals surface area (Å²) in [5.74, 6) is 1.84. The Morgan fingerprint density at radius 3 is 1.24 bits per heavy atom. The minimum atomic E-state index is -0.726. The number of ether oxygens (including phenoxy) is 4. The first kappa shape index (κ1) is 83.2. The summed E-state index contributed by atoms with van der Waals surface area (Å²) in [5, 5.41) is 12.0. The van der Waals surface area contributed by atoms with Gasteiger partial charge in [-0.25, -0.2) is 39.1 Å². The lowest BCUT2D eigenvalue weighted by atomic mass is 9.92. The Bertz CT molecular complexity index is 5130. The van der Waals surface area contributed by atoms with E-state index in [9.17, 15) is 38.4 Å². The third kappa shape index (κ3) is 16.7. The normalized spacial score (nSPS) is 19.5. The average molecular weight is 1600 g/mol. The summed E-state index contributed by atoms with van der Waals surface area (Å²) in [4.78, 5) is 147. The fraction of sp³-hybridized carbons (Fsp3) is 0.477. The number of hydrogen-bond donors (Lipinski definition) is 9. The number of nitrogens with zero attached hydrogens (tertiary/aromatic N) is 8. The second-order valence-corrected chi connectivity index (χ2v) is 33.2. The van der Waals surface area contributed by atoms with Crippen LogP contribution in [0.1, 0.15) is 179 Å². The Kier molecular flexibility index (Phi) is 24.9. The molecule has 9 heterocycles. The van der Waals surface area contributed by atoms with Gasteiger partial charge in [-0.3, -0.25) is 19.2 Å². The van der Waals surface area contributed by atoms with Gasteiger partial charge in [-0.05, 0) is 165 Å². The first-order chi connectivity index (χ1) is 56.1. The smallest absolute Gasteiger partial charge is 0.407 e. The van der Waals surface area contributed by atoms with Crippen molar-refractivity contribution in [1.82, 2.24) is 85.7 Å². The largest absolute Gasteiger partial charge is 0.453 e. The molecule has 0 saturated carbocycles. The number of H-pyrrole nitrogens is 5. The summed E-state index contributed by atoms with van der Waals surface area (Å²) in [5.41, 5.74) is 15.4. The summed E-state index contributed by atoms with van der Waals surface area (Å²) < 4.78 is 19.2. The fourth-order valence-electron chi connectivity index (χ4n) is 17.8. The summed E-state index contributed by atoms with van der Waals surface area (Å²) in [6.45, 7) is 23.7. The molecule has 0 unspecified atom stereocenters. The molecule has 4 saturated heterocycles. The van der Waals surface area contributed by atoms with Gasteiger partial charge in [0.05, 0.1) is 105 Å². The second kappa shape index (κ2) is 35.0. The predicted octanol–water partition coefficient (Wildman–Crippen LogP) is 14.1. The van der Waals surface area contributed by atoms with E-state index in [2.05, 4.69) is 126 Å². The maximum atomic E-state index is 13.9. The van der Waals surface area contributed by atoms with Crippen molar-refractivity contribution in [1.29, 1.82) is 0 Å². The van der Waals surface area contributed by atoms with Gasteiger partial charge in [-0.2, -0.15) is 0 Å². The number of aromatic nitrogens is 9. The highest BCUT2D eigenvalue weighted by Gasteiger charge is 2.49. The number of hydrogen-bond acceptors (Lipinski definition) is 16. The SMILES string of the molecule is COC(=O)N[C@H](C(=O)N1CCC[C@H]1c1ncc(-c2ccc(-c3ccc(-c4cnc([C@]5(C)CCCN5C(=O)[C@@H](NC(=O)OC)C(C)C)[nH]4)c4[nH]cc(C)c34)cc2)[nH]1)C(C)C.COC(=O)N[C@H](C(=O)N1CCC[C@H]1c1ncc(-c2ccc(-c3ccc(-c4cnc([C@]5(C)CCCN5C(=O)[C@@H](NC(=O)OC)C(C)C)[nH]4)cc3)c3c2CCC3)[nH]1)C(C)C. The standard InChI is InChI=1S/C44H55N9O6.C44H56N8O6/c1-24(2)35(50-42(56)58-7)39(54)52-19-9-11-33(52)38-46-22-31(48-38)28-14-12-27(13-15-28)29-16-17-30(37-34(29)26(5)21-45-37)32-23-47-41(49-32)44(6)18-10-20-53(44)40(55)36(25(3)4)51-43(57)59-8;1-25(2)36(49-42(55)57-6)39(53)51-21-9-13-35(51)38-45-24-34(47-38)32-19-18-29(30-11-8-12-31(30)32)27-14-16-28(17-15-27)33-23-46-41(48-33)44(5)20-10-22-52(44)40(54)37(26(3)4)50-43(56)58-7/h12-17,21-25,33,35-36,45H,9-11,18-20H2,1-8H3,(H,46,48)(H,47,49)(H,50,56)(H,51,57);14-19,23-26,35-37H,8-13,20-22H2,1-7H3,(H,45,47)(H,46,48)(H,49,55)(H,50,56)/t33-,35-,36-,44-;35-,36-,37-,44-/m00/s1. The predicted molar refractivity (Wildman–Crippen MR) is 443 cm³/mol. The second-order valence-electron chi connectivity index (χ2n) is 33.2. The summed E-state index contributed by atoms with van der Waals surface area (Å²) in [7, 11) is 5.18. The molecule has 29 heteroatoms. The highest BCUT2D eigenvalue weighted by molar-refractivity contribution is 6.05. The Morgan fingerprint density at radius 2 is 0.778 bits per heavy atom. The molecule has 0 spiro atoms. The van der Waals surface area contributed by atoms with Gasteiger partial charge in [0, 0.05) is 48.9 Å². The summed E-state index contributed by atoms with van der Waals surface area (Å²) in [6.07, 6.45) is 16.3. The Morgan fingerprint density at radius 1 is 0.419 bits per heavy atom. The van der Waals surface area contributed by atoms with Crippen LogP contribution >= 0.6 is 0 Å². The van der Waals surface area contributed by atoms with Crippen LogP contribution in [0.3, 0.4) is 0 Å². The van der Waals surface area contributed by atoms with E-state index in [4.69, 9.17) is 38.9 Å². The van der Waals surface area contributed by atoms with Crippen molar-refractivity contribution in [3.05, 3.63) is 144 Å². The van der Waals surface area contributed by atoms with E-state index in [1.807, 2.05) is 120 Å². The molecule has 0 radical (unpaired) electrons. The molecule has 4 fully saturated rings. The van der Waals surface area contributed by atoms with Crippen molar-refractivity contribution in [3.8, 4) is 67.3 Å². The molecule has 1 aliphatic carbocycles. The molecule has 4 aliphatic heterocycles. The van der Waals surface area contributed by atoms with Crippen LogP contribution in [-0.4, -0.2) is 191 Å². The minimum absolute atomic E-state index is 0.103. The molecular weight excluding hydrogens is 1490 g/mol. The van der Waals surface area contributed by atoms with Crippen molar-refractivity contribution < 1.29 is 57.3 Å². The number of alkyl carbamates (subject to hydrolysis) is 4. The number of carbonyl (C=O) groups excluding carboxylic acids is 8. The minimum Gasteiger partial charge on any atom is -0.453 e. The third-order valence-corrected chi connectivity index (χ3v) is 24.4. The molecule has 14 rings (SSSR count). The number of likely N-dealkylation sites (tertiary alicyclic amines) is 4. The van der Waals surface area contributed by atoms with Gasteiger partial charge in [0.2, 0.25) is 23.6 Å². The van der Waals surface area contributed by atoms with E-state index in [0.717, 1.165) is 160 Å². The number of aromatic amines is 5. The first-order valence-electron chi connectivity index (χ1n) is 40.9. The molecule has 620 valence electrons. The monoisotopic (exact) mass is 1600 g/mol. The van der Waals surface area contributed by atoms with E-state index in [0.29, 0.717) is 37.8 Å². The van der Waals surface area contributed by atoms with Gasteiger partial charge in [-0.15, -0.1) is 0 Å². The van der Waals surface area contributed by atoms with Gasteiger partial charge in [0.25, 0.3) is 0 Å². The van der Waals surface area contributed by atoms with Gasteiger partial charge in [0.1, 0.15) is 47.5 Å². The maximum absolute atomic E-state index is 13.9. The topological polar surface area (TPSA) is 365 Å². The number of fused-ring (bicyclic) bond motifs is 2. The van der Waals surface area contributed by atoms with Crippen LogP contribution in [-0.2, 0) is 62.0 Å². The molecule has 117 heavy (non-hydrogen) atoms. The zero-order chi connectivity index (χ0) is 83.5. The number of rotatable bonds is 22. The lowest BCUT2D eigenvalue weighted by Crippen LogP contribution is -2.55. The van der Waals surface area contributed by atoms with Crippen molar-refractivity contribution in [2.75, 3.05) is 54.6 Å². The van der Waals surface area contributed by atoms with Crippen LogP contribution in [0.15, 0.2) is 104 Å². The van der Waals surface area contributed by atoms with Crippen LogP contribution in [0.5, 0.6) is 0 Å². The molecule has 8 amide bonds. The van der Waals surface area contributed by atoms with Crippen LogP contribution in [0.4, 0.5) is 19.2 Å². The number of aryl methyl sites for hydroxylation is 1. The van der Waals surface area contributed by atoms with Crippen LogP contribution in [0.25, 0.3) is 78.2 Å². The van der Waals surface area contributed by atoms with Gasteiger partial charge < -0.3 is 84.7 Å². The van der Waals surface area contributed by atoms with E-state index in [1.54, 1.807) is 0 Å². The van der Waals surface area contributed by atoms with E-state index < -0.39 is 59.6 Å². The first-order valence-corrected chi connectivity index (χ1v) is 40.9. The van der Waals surface area contributed by atoms with E-state index >= 15 is 0 Å². The molecule has 5 aromatic heterocycles. The molecule has 8 atom stereocenters. The zero-order valence-electron chi connectivity index (χ0n) is 69.7. The van der Waals surface area contributed by atoms with Crippen LogP contribution in [0.2, 0.25) is 0 Å². The quantitative estimate of drug-likeness (QED) is 0.0285. The number of methoxy groups -OCH3 is 4. The Balaban J connectivity index is 0.000000203. The molecule has 9 N–H and O–H groups in total. The van der Waals surface area contributed by atoms with Gasteiger partial charge in [0.15, 0.2) is 0 Å². The zero-order valence-corrected chi connectivity index (χ0v) is 69.7. The Labute approximate surface area is 682 Å². The maximum Gasteiger partial charge on any atom is 0.407 e. The number of carbonyl (C=O) groups is 8. The van der Waals surface area contributed by atoms with Crippen LogP contribution in [0, 0.1) is 30.6 Å². The molecular formula is C88H111N17O12. The van der Waals surface area contributed by atoms with Gasteiger partial charge in [-0.1, -0.05) is 128 Å². The summed E-state index contributed by atoms with van der Waals surface area (Å²) >= 11 is 0. The number of imidazole rings is 4. The molecule has 4 aromatic carbocycles. The van der Waals surface area contributed by atoms with Crippen LogP contribution < -0.4 is 21.3 Å². The lowest BCUT2D eigenvalue weighted by molar-refractivity contribution is -0.139. The molecule has 9 aromatic rings. The number of nitrogens with one attached hydrogen (secondary N) is 9. The summed E-state index contributed by atoms with van der Waals surface area (Å²) in [6, 6.07) is 22.2. The molecule has 5 aliphatic rings. The number of benzene rings is 4. The van der Waals surface area contributed by atoms with Gasteiger partial charge >= 0.3 is 24.4 Å². The highest BCUT2D eigenvalue weighted by Crippen LogP contribution is 2.45. The third-order valence-electron chi connectivity index (χ3n) is 24.4. The highest BCUT2D eigenvalue weighted by atomic mass is 16.5. The van der Waals surface area contributed by atoms with E-state index in [1.165, 1.54) is 45.1 Å². The average Bonchev–Trinajstić information content (AvgIpc) is 1.63. The lowest BCUT2D eigenvalue weighted by Gasteiger charge is -2.37. The fourth-order valence-corrected chi connectivity index (χ4v) is 17.8. The molecule has 0 bridgehead atoms. The van der Waals surface area contributed by atoms with Crippen molar-refractivity contribution in [2.24, 2.45) is 23.7 Å². The number of amides is 8.